The molecule has 120 valence electrons. The molecule has 0 radical (unpaired) electrons. The van der Waals surface area contributed by atoms with E-state index in [1.807, 2.05) is 30.3 Å². The molecule has 1 aromatic carbocycles. The third kappa shape index (κ3) is 4.52. The van der Waals surface area contributed by atoms with Gasteiger partial charge in [-0.25, -0.2) is 9.97 Å². The minimum absolute atomic E-state index is 0.115. The molecule has 0 bridgehead atoms. The average Bonchev–Trinajstić information content (AvgIpc) is 2.85. The maximum atomic E-state index is 12.4. The lowest BCUT2D eigenvalue weighted by molar-refractivity contribution is 0.0928. The summed E-state index contributed by atoms with van der Waals surface area (Å²) < 4.78 is 0. The van der Waals surface area contributed by atoms with E-state index in [0.717, 1.165) is 18.5 Å². The minimum Gasteiger partial charge on any atom is -0.348 e. The molecular formula is C18H22N4O. The van der Waals surface area contributed by atoms with Crippen LogP contribution in [0.3, 0.4) is 0 Å². The number of carbonyl (C=O) groups excluding carboxylic acids is 1. The van der Waals surface area contributed by atoms with Crippen molar-refractivity contribution in [2.24, 2.45) is 0 Å². The molecule has 5 heteroatoms. The number of benzene rings is 1. The van der Waals surface area contributed by atoms with E-state index >= 15 is 0 Å². The standard InChI is InChI=1S/C18H22N4O/c23-17(20-14-8-4-1-2-5-9-14)16-12-13-19-18(22-16)21-15-10-6-3-7-11-15/h3,6-7,10-14H,1-2,4-5,8-9H2,(H,20,23)(H,19,21,22). The third-order valence-electron chi connectivity index (χ3n) is 4.11. The Bertz CT molecular complexity index is 636. The van der Waals surface area contributed by atoms with Gasteiger partial charge in [0.2, 0.25) is 5.95 Å². The van der Waals surface area contributed by atoms with Gasteiger partial charge in [0.15, 0.2) is 0 Å². The van der Waals surface area contributed by atoms with Gasteiger partial charge in [0, 0.05) is 17.9 Å². The van der Waals surface area contributed by atoms with Crippen molar-refractivity contribution in [3.05, 3.63) is 48.3 Å². The van der Waals surface area contributed by atoms with Crippen LogP contribution in [0.4, 0.5) is 11.6 Å². The second-order valence-electron chi connectivity index (χ2n) is 5.92. The van der Waals surface area contributed by atoms with Crippen LogP contribution in [-0.4, -0.2) is 21.9 Å². The molecular weight excluding hydrogens is 288 g/mol. The number of nitrogens with zero attached hydrogens (tertiary/aromatic N) is 2. The fraction of sp³-hybridized carbons (Fsp3) is 0.389. The van der Waals surface area contributed by atoms with Gasteiger partial charge in [-0.1, -0.05) is 43.9 Å². The van der Waals surface area contributed by atoms with Crippen LogP contribution >= 0.6 is 0 Å². The number of anilines is 2. The van der Waals surface area contributed by atoms with E-state index in [9.17, 15) is 4.79 Å². The van der Waals surface area contributed by atoms with Crippen molar-refractivity contribution in [3.63, 3.8) is 0 Å². The van der Waals surface area contributed by atoms with Crippen LogP contribution in [-0.2, 0) is 0 Å². The Morgan fingerprint density at radius 3 is 2.48 bits per heavy atom. The maximum absolute atomic E-state index is 12.4. The Labute approximate surface area is 136 Å². The molecule has 1 aliphatic carbocycles. The fourth-order valence-corrected chi connectivity index (χ4v) is 2.88. The molecule has 1 fully saturated rings. The number of aromatic nitrogens is 2. The van der Waals surface area contributed by atoms with Gasteiger partial charge in [0.1, 0.15) is 5.69 Å². The SMILES string of the molecule is O=C(NC1CCCCCC1)c1ccnc(Nc2ccccc2)n1. The van der Waals surface area contributed by atoms with Gasteiger partial charge in [0.25, 0.3) is 5.91 Å². The Morgan fingerprint density at radius 2 is 1.74 bits per heavy atom. The quantitative estimate of drug-likeness (QED) is 0.846. The molecule has 0 aliphatic heterocycles. The molecule has 1 amide bonds. The number of hydrogen-bond acceptors (Lipinski definition) is 4. The molecule has 5 nitrogen and oxygen atoms in total. The van der Waals surface area contributed by atoms with Gasteiger partial charge < -0.3 is 10.6 Å². The van der Waals surface area contributed by atoms with Gasteiger partial charge in [-0.2, -0.15) is 0 Å². The number of rotatable bonds is 4. The van der Waals surface area contributed by atoms with Crippen molar-refractivity contribution >= 4 is 17.5 Å². The van der Waals surface area contributed by atoms with Crippen LogP contribution in [0.25, 0.3) is 0 Å². The smallest absolute Gasteiger partial charge is 0.270 e. The largest absolute Gasteiger partial charge is 0.348 e. The highest BCUT2D eigenvalue weighted by Gasteiger charge is 2.17. The Balaban J connectivity index is 1.65. The molecule has 1 heterocycles. The van der Waals surface area contributed by atoms with Crippen molar-refractivity contribution in [2.45, 2.75) is 44.6 Å². The lowest BCUT2D eigenvalue weighted by Gasteiger charge is -2.16. The summed E-state index contributed by atoms with van der Waals surface area (Å²) in [6.45, 7) is 0. The molecule has 0 spiro atoms. The van der Waals surface area contributed by atoms with Crippen LogP contribution in [0.15, 0.2) is 42.6 Å². The zero-order chi connectivity index (χ0) is 15.9. The predicted molar refractivity (Wildman–Crippen MR) is 90.7 cm³/mol. The van der Waals surface area contributed by atoms with Crippen molar-refractivity contribution in [1.82, 2.24) is 15.3 Å². The molecule has 2 N–H and O–H groups in total. The predicted octanol–water partition coefficient (Wildman–Crippen LogP) is 3.67. The van der Waals surface area contributed by atoms with Crippen molar-refractivity contribution in [2.75, 3.05) is 5.32 Å². The molecule has 0 unspecified atom stereocenters. The first kappa shape index (κ1) is 15.5. The summed E-state index contributed by atoms with van der Waals surface area (Å²) in [7, 11) is 0. The summed E-state index contributed by atoms with van der Waals surface area (Å²) in [6.07, 6.45) is 8.65. The Hall–Kier alpha value is -2.43. The van der Waals surface area contributed by atoms with E-state index in [1.54, 1.807) is 12.3 Å². The highest BCUT2D eigenvalue weighted by Crippen LogP contribution is 2.18. The highest BCUT2D eigenvalue weighted by atomic mass is 16.1. The summed E-state index contributed by atoms with van der Waals surface area (Å²) >= 11 is 0. The number of carbonyl (C=O) groups is 1. The summed E-state index contributed by atoms with van der Waals surface area (Å²) in [5.74, 6) is 0.320. The zero-order valence-electron chi connectivity index (χ0n) is 13.2. The topological polar surface area (TPSA) is 66.9 Å². The van der Waals surface area contributed by atoms with E-state index in [1.165, 1.54) is 25.7 Å². The molecule has 0 saturated heterocycles. The van der Waals surface area contributed by atoms with Crippen LogP contribution in [0.5, 0.6) is 0 Å². The molecule has 23 heavy (non-hydrogen) atoms. The van der Waals surface area contributed by atoms with Crippen molar-refractivity contribution in [3.8, 4) is 0 Å². The Morgan fingerprint density at radius 1 is 1.00 bits per heavy atom. The van der Waals surface area contributed by atoms with Gasteiger partial charge >= 0.3 is 0 Å². The lowest BCUT2D eigenvalue weighted by Crippen LogP contribution is -2.35. The van der Waals surface area contributed by atoms with Crippen LogP contribution in [0, 0.1) is 0 Å². The maximum Gasteiger partial charge on any atom is 0.270 e. The molecule has 0 atom stereocenters. The second kappa shape index (κ2) is 7.72. The first-order valence-corrected chi connectivity index (χ1v) is 8.27. The van der Waals surface area contributed by atoms with E-state index in [2.05, 4.69) is 20.6 Å². The van der Waals surface area contributed by atoms with E-state index in [4.69, 9.17) is 0 Å². The van der Waals surface area contributed by atoms with E-state index in [-0.39, 0.29) is 11.9 Å². The number of para-hydroxylation sites is 1. The molecule has 3 rings (SSSR count). The highest BCUT2D eigenvalue weighted by molar-refractivity contribution is 5.92. The summed E-state index contributed by atoms with van der Waals surface area (Å²) in [4.78, 5) is 20.9. The van der Waals surface area contributed by atoms with E-state index < -0.39 is 0 Å². The normalized spacial score (nSPS) is 15.7. The van der Waals surface area contributed by atoms with Crippen LogP contribution in [0.2, 0.25) is 0 Å². The van der Waals surface area contributed by atoms with Gasteiger partial charge in [-0.15, -0.1) is 0 Å². The van der Waals surface area contributed by atoms with Gasteiger partial charge in [-0.05, 0) is 31.0 Å². The van der Waals surface area contributed by atoms with Crippen molar-refractivity contribution < 1.29 is 4.79 Å². The van der Waals surface area contributed by atoms with E-state index in [0.29, 0.717) is 11.6 Å². The number of amides is 1. The second-order valence-corrected chi connectivity index (χ2v) is 5.92. The summed E-state index contributed by atoms with van der Waals surface area (Å²) in [5.41, 5.74) is 1.30. The van der Waals surface area contributed by atoms with Gasteiger partial charge in [-0.3, -0.25) is 4.79 Å². The lowest BCUT2D eigenvalue weighted by atomic mass is 10.1. The monoisotopic (exact) mass is 310 g/mol. The summed E-state index contributed by atoms with van der Waals surface area (Å²) in [6, 6.07) is 11.6. The third-order valence-corrected chi connectivity index (χ3v) is 4.11. The van der Waals surface area contributed by atoms with Crippen molar-refractivity contribution in [1.29, 1.82) is 0 Å². The molecule has 1 aliphatic rings. The molecule has 1 saturated carbocycles. The molecule has 2 aromatic rings. The minimum atomic E-state index is -0.115. The van der Waals surface area contributed by atoms with Gasteiger partial charge in [0.05, 0.1) is 0 Å². The van der Waals surface area contributed by atoms with Crippen LogP contribution < -0.4 is 10.6 Å². The summed E-state index contributed by atoms with van der Waals surface area (Å²) in [5, 5.41) is 6.22. The number of nitrogens with one attached hydrogen (secondary N) is 2. The Kier molecular flexibility index (Phi) is 5.19. The van der Waals surface area contributed by atoms with Crippen LogP contribution in [0.1, 0.15) is 49.0 Å². The first-order chi connectivity index (χ1) is 11.3. The zero-order valence-corrected chi connectivity index (χ0v) is 13.2. The fourth-order valence-electron chi connectivity index (χ4n) is 2.88. The first-order valence-electron chi connectivity index (χ1n) is 8.27. The average molecular weight is 310 g/mol. The number of hydrogen-bond donors (Lipinski definition) is 2. The molecule has 1 aromatic heterocycles.